The lowest BCUT2D eigenvalue weighted by Gasteiger charge is -2.04. The zero-order valence-corrected chi connectivity index (χ0v) is 8.58. The maximum atomic E-state index is 12.5. The summed E-state index contributed by atoms with van der Waals surface area (Å²) in [6.45, 7) is 0. The van der Waals surface area contributed by atoms with Gasteiger partial charge in [-0.3, -0.25) is 0 Å². The highest BCUT2D eigenvalue weighted by Crippen LogP contribution is 2.57. The first-order chi connectivity index (χ1) is 8.07. The summed E-state index contributed by atoms with van der Waals surface area (Å²) in [5.74, 6) is 0.296. The summed E-state index contributed by atoms with van der Waals surface area (Å²) < 4.78 is 42.6. The van der Waals surface area contributed by atoms with Gasteiger partial charge in [0, 0.05) is 5.56 Å². The Bertz CT molecular complexity index is 573. The van der Waals surface area contributed by atoms with E-state index in [1.165, 1.54) is 6.07 Å². The highest BCUT2D eigenvalue weighted by atomic mass is 19.4. The number of hydrogen-bond acceptors (Lipinski definition) is 1. The molecule has 0 spiro atoms. The predicted octanol–water partition coefficient (Wildman–Crippen LogP) is 4.48. The second kappa shape index (κ2) is 3.26. The van der Waals surface area contributed by atoms with Crippen molar-refractivity contribution in [3.8, 4) is 22.6 Å². The molecule has 1 aliphatic rings. The minimum absolute atomic E-state index is 0.0427. The number of alkyl halides is 3. The minimum Gasteiger partial charge on any atom is -0.448 e. The van der Waals surface area contributed by atoms with Crippen LogP contribution in [0.15, 0.2) is 42.5 Å². The fourth-order valence-electron chi connectivity index (χ4n) is 1.82. The molecule has 1 aliphatic heterocycles. The summed E-state index contributed by atoms with van der Waals surface area (Å²) in [6, 6.07) is 11.7. The molecule has 2 aromatic rings. The van der Waals surface area contributed by atoms with E-state index in [1.807, 2.05) is 30.3 Å². The molecule has 0 N–H and O–H groups in total. The molecule has 1 heterocycles. The normalized spacial score (nSPS) is 12.9. The van der Waals surface area contributed by atoms with Crippen LogP contribution in [0.2, 0.25) is 0 Å². The SMILES string of the molecule is FC(F)(F)c1ccc(-c2ccccc2)c2c1O2. The van der Waals surface area contributed by atoms with E-state index >= 15 is 0 Å². The van der Waals surface area contributed by atoms with Crippen LogP contribution in [0.1, 0.15) is 5.56 Å². The molecule has 17 heavy (non-hydrogen) atoms. The lowest BCUT2D eigenvalue weighted by molar-refractivity contribution is -0.137. The molecule has 86 valence electrons. The number of rotatable bonds is 1. The van der Waals surface area contributed by atoms with E-state index < -0.39 is 11.7 Å². The summed E-state index contributed by atoms with van der Waals surface area (Å²) >= 11 is 0. The van der Waals surface area contributed by atoms with E-state index in [1.54, 1.807) is 0 Å². The third-order valence-electron chi connectivity index (χ3n) is 2.66. The van der Waals surface area contributed by atoms with E-state index in [0.717, 1.165) is 11.6 Å². The van der Waals surface area contributed by atoms with Crippen molar-refractivity contribution in [2.24, 2.45) is 0 Å². The molecule has 1 nitrogen and oxygen atoms in total. The largest absolute Gasteiger partial charge is 0.448 e. The highest BCUT2D eigenvalue weighted by Gasteiger charge is 2.42. The zero-order valence-electron chi connectivity index (χ0n) is 8.58. The van der Waals surface area contributed by atoms with Crippen molar-refractivity contribution < 1.29 is 17.9 Å². The molecule has 0 aromatic heterocycles. The van der Waals surface area contributed by atoms with Crippen LogP contribution in [0.4, 0.5) is 13.2 Å². The Labute approximate surface area is 95.5 Å². The molecule has 0 radical (unpaired) electrons. The van der Waals surface area contributed by atoms with Crippen LogP contribution in [0, 0.1) is 0 Å². The van der Waals surface area contributed by atoms with Crippen LogP contribution >= 0.6 is 0 Å². The number of ether oxygens (including phenoxy) is 1. The van der Waals surface area contributed by atoms with Crippen LogP contribution < -0.4 is 4.74 Å². The lowest BCUT2D eigenvalue weighted by atomic mass is 10.0. The van der Waals surface area contributed by atoms with Gasteiger partial charge in [0.15, 0.2) is 11.5 Å². The van der Waals surface area contributed by atoms with Gasteiger partial charge < -0.3 is 4.74 Å². The third kappa shape index (κ3) is 1.65. The van der Waals surface area contributed by atoms with Crippen molar-refractivity contribution in [2.45, 2.75) is 6.18 Å². The van der Waals surface area contributed by atoms with Gasteiger partial charge in [0.05, 0.1) is 0 Å². The Morgan fingerprint density at radius 1 is 0.824 bits per heavy atom. The van der Waals surface area contributed by atoms with E-state index in [2.05, 4.69) is 0 Å². The quantitative estimate of drug-likeness (QED) is 0.567. The molecule has 0 amide bonds. The minimum atomic E-state index is -4.35. The molecule has 0 saturated heterocycles. The van der Waals surface area contributed by atoms with Gasteiger partial charge in [0.1, 0.15) is 5.56 Å². The lowest BCUT2D eigenvalue weighted by Crippen LogP contribution is -2.02. The van der Waals surface area contributed by atoms with Gasteiger partial charge in [-0.1, -0.05) is 30.3 Å². The monoisotopic (exact) mass is 236 g/mol. The maximum absolute atomic E-state index is 12.5. The first-order valence-electron chi connectivity index (χ1n) is 5.05. The fraction of sp³-hybridized carbons (Fsp3) is 0.0769. The van der Waals surface area contributed by atoms with E-state index in [0.29, 0.717) is 11.3 Å². The van der Waals surface area contributed by atoms with Crippen LogP contribution in [-0.4, -0.2) is 0 Å². The van der Waals surface area contributed by atoms with Crippen molar-refractivity contribution in [3.63, 3.8) is 0 Å². The zero-order chi connectivity index (χ0) is 12.0. The first-order valence-corrected chi connectivity index (χ1v) is 5.05. The molecule has 0 aliphatic carbocycles. The van der Waals surface area contributed by atoms with Crippen molar-refractivity contribution in [3.05, 3.63) is 48.0 Å². The van der Waals surface area contributed by atoms with Crippen molar-refractivity contribution in [1.29, 1.82) is 0 Å². The molecule has 0 unspecified atom stereocenters. The average Bonchev–Trinajstić information content (AvgIpc) is 3.07. The van der Waals surface area contributed by atoms with Crippen LogP contribution in [0.3, 0.4) is 0 Å². The Balaban J connectivity index is 2.08. The Morgan fingerprint density at radius 2 is 1.53 bits per heavy atom. The summed E-state index contributed by atoms with van der Waals surface area (Å²) in [5, 5.41) is 0. The molecule has 2 aromatic carbocycles. The van der Waals surface area contributed by atoms with Crippen molar-refractivity contribution >= 4 is 0 Å². The number of fused-ring (bicyclic) bond motifs is 1. The topological polar surface area (TPSA) is 12.5 Å². The van der Waals surface area contributed by atoms with Gasteiger partial charge in [-0.25, -0.2) is 0 Å². The molecular weight excluding hydrogens is 229 g/mol. The van der Waals surface area contributed by atoms with Crippen LogP contribution in [0.25, 0.3) is 11.1 Å². The van der Waals surface area contributed by atoms with Gasteiger partial charge >= 0.3 is 6.18 Å². The summed E-state index contributed by atoms with van der Waals surface area (Å²) in [7, 11) is 0. The first kappa shape index (κ1) is 10.2. The van der Waals surface area contributed by atoms with Gasteiger partial charge in [0.25, 0.3) is 0 Å². The van der Waals surface area contributed by atoms with Crippen LogP contribution in [-0.2, 0) is 6.18 Å². The molecule has 0 saturated carbocycles. The second-order valence-electron chi connectivity index (χ2n) is 3.78. The summed E-state index contributed by atoms with van der Waals surface area (Å²) in [5.41, 5.74) is 0.857. The van der Waals surface area contributed by atoms with E-state index in [4.69, 9.17) is 4.74 Å². The predicted molar refractivity (Wildman–Crippen MR) is 57.0 cm³/mol. The highest BCUT2D eigenvalue weighted by molar-refractivity contribution is 5.81. The molecule has 0 bridgehead atoms. The smallest absolute Gasteiger partial charge is 0.420 e. The van der Waals surface area contributed by atoms with Crippen molar-refractivity contribution in [1.82, 2.24) is 0 Å². The molecular formula is C13H7F3O. The van der Waals surface area contributed by atoms with Gasteiger partial charge in [-0.05, 0) is 17.7 Å². The summed E-state index contributed by atoms with van der Waals surface area (Å²) in [6.07, 6.45) is -4.35. The van der Waals surface area contributed by atoms with Gasteiger partial charge in [0.2, 0.25) is 0 Å². The molecule has 3 rings (SSSR count). The number of hydrogen-bond donors (Lipinski definition) is 0. The Kier molecular flexibility index (Phi) is 1.96. The van der Waals surface area contributed by atoms with Crippen molar-refractivity contribution in [2.75, 3.05) is 0 Å². The molecule has 0 fully saturated rings. The van der Waals surface area contributed by atoms with Crippen LogP contribution in [0.5, 0.6) is 11.5 Å². The Hall–Kier alpha value is -1.97. The average molecular weight is 236 g/mol. The summed E-state index contributed by atoms with van der Waals surface area (Å²) in [4.78, 5) is 0. The van der Waals surface area contributed by atoms with Gasteiger partial charge in [-0.15, -0.1) is 0 Å². The fourth-order valence-corrected chi connectivity index (χ4v) is 1.82. The number of halogens is 3. The third-order valence-corrected chi connectivity index (χ3v) is 2.66. The maximum Gasteiger partial charge on any atom is 0.420 e. The van der Waals surface area contributed by atoms with E-state index in [9.17, 15) is 13.2 Å². The Morgan fingerprint density at radius 3 is 2.18 bits per heavy atom. The van der Waals surface area contributed by atoms with Gasteiger partial charge in [-0.2, -0.15) is 13.2 Å². The molecule has 4 heteroatoms. The van der Waals surface area contributed by atoms with E-state index in [-0.39, 0.29) is 5.75 Å². The number of benzene rings is 2. The second-order valence-corrected chi connectivity index (χ2v) is 3.78. The standard InChI is InChI=1S/C13H7F3O/c14-13(15,16)10-7-6-9(11-12(10)17-11)8-4-2-1-3-5-8/h1-7H. The molecule has 0 atom stereocenters.